The summed E-state index contributed by atoms with van der Waals surface area (Å²) in [6.07, 6.45) is 0. The molecular formula is C21H19N5O3S. The highest BCUT2D eigenvalue weighted by atomic mass is 32.1. The van der Waals surface area contributed by atoms with Gasteiger partial charge in [0.15, 0.2) is 22.9 Å². The standard InChI is InChI=1S/C21H19N5O3S/c1-3-25-20-17(26(21(25)29)11-14(27)13-7-5-4-6-8-13)16(18(22)28)23-19(24-20)15-10-9-12(2)30-15/h4-10H,3,11H2,1-2H3,(H2,22,28). The number of Topliss-reactive ketones (excluding diaryl/α,β-unsaturated/α-hetero) is 1. The molecule has 0 fully saturated rings. The molecule has 0 aliphatic rings. The van der Waals surface area contributed by atoms with Crippen LogP contribution in [0.2, 0.25) is 0 Å². The lowest BCUT2D eigenvalue weighted by molar-refractivity contribution is 0.0966. The second kappa shape index (κ2) is 7.68. The lowest BCUT2D eigenvalue weighted by Gasteiger charge is -2.06. The Hall–Kier alpha value is -3.59. The van der Waals surface area contributed by atoms with Crippen molar-refractivity contribution in [2.45, 2.75) is 26.9 Å². The normalized spacial score (nSPS) is 11.1. The molecule has 30 heavy (non-hydrogen) atoms. The first kappa shape index (κ1) is 19.7. The molecule has 3 aromatic heterocycles. The Labute approximate surface area is 175 Å². The summed E-state index contributed by atoms with van der Waals surface area (Å²) in [5, 5.41) is 0. The lowest BCUT2D eigenvalue weighted by Crippen LogP contribution is -2.27. The smallest absolute Gasteiger partial charge is 0.330 e. The molecule has 0 atom stereocenters. The third kappa shape index (κ3) is 3.33. The monoisotopic (exact) mass is 421 g/mol. The number of thiophene rings is 1. The Kier molecular flexibility index (Phi) is 5.04. The average Bonchev–Trinajstić information content (AvgIpc) is 3.29. The van der Waals surface area contributed by atoms with E-state index in [-0.39, 0.29) is 29.2 Å². The van der Waals surface area contributed by atoms with Crippen LogP contribution in [-0.2, 0) is 13.1 Å². The number of aryl methyl sites for hydroxylation is 2. The quantitative estimate of drug-likeness (QED) is 0.481. The number of rotatable bonds is 6. The van der Waals surface area contributed by atoms with E-state index in [0.717, 1.165) is 9.75 Å². The van der Waals surface area contributed by atoms with E-state index < -0.39 is 11.6 Å². The fraction of sp³-hybridized carbons (Fsp3) is 0.190. The maximum absolute atomic E-state index is 13.1. The predicted octanol–water partition coefficient (Wildman–Crippen LogP) is 2.63. The van der Waals surface area contributed by atoms with Crippen molar-refractivity contribution in [2.75, 3.05) is 0 Å². The third-order valence-electron chi connectivity index (χ3n) is 4.76. The molecule has 3 heterocycles. The Morgan fingerprint density at radius 3 is 2.40 bits per heavy atom. The number of aromatic nitrogens is 4. The molecule has 0 bridgehead atoms. The minimum atomic E-state index is -0.786. The van der Waals surface area contributed by atoms with Crippen LogP contribution in [0.5, 0.6) is 0 Å². The number of fused-ring (bicyclic) bond motifs is 1. The molecule has 0 saturated heterocycles. The summed E-state index contributed by atoms with van der Waals surface area (Å²) in [4.78, 5) is 48.8. The third-order valence-corrected chi connectivity index (χ3v) is 5.76. The van der Waals surface area contributed by atoms with E-state index in [1.54, 1.807) is 37.3 Å². The summed E-state index contributed by atoms with van der Waals surface area (Å²) in [7, 11) is 0. The van der Waals surface area contributed by atoms with Crippen LogP contribution in [0.3, 0.4) is 0 Å². The summed E-state index contributed by atoms with van der Waals surface area (Å²) in [6.45, 7) is 3.83. The van der Waals surface area contributed by atoms with Crippen molar-refractivity contribution in [1.29, 1.82) is 0 Å². The van der Waals surface area contributed by atoms with Crippen molar-refractivity contribution in [3.63, 3.8) is 0 Å². The Morgan fingerprint density at radius 1 is 1.07 bits per heavy atom. The fourth-order valence-electron chi connectivity index (χ4n) is 3.34. The van der Waals surface area contributed by atoms with Crippen molar-refractivity contribution in [3.05, 3.63) is 69.1 Å². The van der Waals surface area contributed by atoms with Gasteiger partial charge in [-0.05, 0) is 26.0 Å². The Balaban J connectivity index is 1.95. The van der Waals surface area contributed by atoms with E-state index in [1.807, 2.05) is 19.1 Å². The van der Waals surface area contributed by atoms with Crippen LogP contribution in [0.1, 0.15) is 32.6 Å². The van der Waals surface area contributed by atoms with Crippen molar-refractivity contribution in [3.8, 4) is 10.7 Å². The SMILES string of the molecule is CCn1c(=O)n(CC(=O)c2ccccc2)c2c(C(N)=O)nc(-c3ccc(C)s3)nc21. The van der Waals surface area contributed by atoms with Crippen molar-refractivity contribution in [2.24, 2.45) is 5.73 Å². The number of ketones is 1. The topological polar surface area (TPSA) is 113 Å². The molecule has 8 nitrogen and oxygen atoms in total. The summed E-state index contributed by atoms with van der Waals surface area (Å²) in [5.74, 6) is -0.726. The Bertz CT molecular complexity index is 1330. The second-order valence-corrected chi connectivity index (χ2v) is 8.03. The molecule has 4 rings (SSSR count). The van der Waals surface area contributed by atoms with Gasteiger partial charge < -0.3 is 5.73 Å². The van der Waals surface area contributed by atoms with Gasteiger partial charge in [0.25, 0.3) is 5.91 Å². The molecule has 9 heteroatoms. The minimum Gasteiger partial charge on any atom is -0.364 e. The number of primary amides is 1. The molecule has 152 valence electrons. The van der Waals surface area contributed by atoms with Crippen LogP contribution in [0.25, 0.3) is 21.9 Å². The fourth-order valence-corrected chi connectivity index (χ4v) is 4.14. The van der Waals surface area contributed by atoms with Gasteiger partial charge in [0.05, 0.1) is 11.4 Å². The highest BCUT2D eigenvalue weighted by Crippen LogP contribution is 2.27. The molecule has 0 saturated carbocycles. The van der Waals surface area contributed by atoms with Gasteiger partial charge in [0.1, 0.15) is 5.52 Å². The number of carbonyl (C=O) groups excluding carboxylic acids is 2. The minimum absolute atomic E-state index is 0.0776. The number of hydrogen-bond acceptors (Lipinski definition) is 6. The van der Waals surface area contributed by atoms with Gasteiger partial charge in [-0.25, -0.2) is 14.8 Å². The van der Waals surface area contributed by atoms with Crippen molar-refractivity contribution < 1.29 is 9.59 Å². The molecule has 0 aliphatic carbocycles. The number of nitrogens with zero attached hydrogens (tertiary/aromatic N) is 4. The van der Waals surface area contributed by atoms with Crippen LogP contribution >= 0.6 is 11.3 Å². The first-order valence-electron chi connectivity index (χ1n) is 9.36. The van der Waals surface area contributed by atoms with E-state index in [2.05, 4.69) is 9.97 Å². The molecule has 0 unspecified atom stereocenters. The van der Waals surface area contributed by atoms with Crippen molar-refractivity contribution in [1.82, 2.24) is 19.1 Å². The average molecular weight is 421 g/mol. The molecule has 1 aromatic carbocycles. The number of imidazole rings is 1. The molecule has 0 aliphatic heterocycles. The molecule has 1 amide bonds. The predicted molar refractivity (Wildman–Crippen MR) is 115 cm³/mol. The van der Waals surface area contributed by atoms with Gasteiger partial charge >= 0.3 is 5.69 Å². The zero-order valence-electron chi connectivity index (χ0n) is 16.5. The van der Waals surface area contributed by atoms with Gasteiger partial charge in [-0.15, -0.1) is 11.3 Å². The van der Waals surface area contributed by atoms with Crippen LogP contribution < -0.4 is 11.4 Å². The summed E-state index contributed by atoms with van der Waals surface area (Å²) >= 11 is 1.48. The lowest BCUT2D eigenvalue weighted by atomic mass is 10.1. The van der Waals surface area contributed by atoms with Gasteiger partial charge in [-0.1, -0.05) is 30.3 Å². The first-order chi connectivity index (χ1) is 14.4. The molecule has 2 N–H and O–H groups in total. The van der Waals surface area contributed by atoms with Crippen LogP contribution in [0.15, 0.2) is 47.3 Å². The van der Waals surface area contributed by atoms with Gasteiger partial charge in [-0.3, -0.25) is 18.7 Å². The number of carbonyl (C=O) groups is 2. The van der Waals surface area contributed by atoms with E-state index in [9.17, 15) is 14.4 Å². The number of benzene rings is 1. The Morgan fingerprint density at radius 2 is 1.80 bits per heavy atom. The number of nitrogens with two attached hydrogens (primary N) is 1. The zero-order valence-corrected chi connectivity index (χ0v) is 17.3. The molecule has 4 aromatic rings. The summed E-state index contributed by atoms with van der Waals surface area (Å²) in [5.41, 5.74) is 6.02. The van der Waals surface area contributed by atoms with Gasteiger partial charge in [0.2, 0.25) is 0 Å². The summed E-state index contributed by atoms with van der Waals surface area (Å²) in [6, 6.07) is 12.4. The van der Waals surface area contributed by atoms with Crippen LogP contribution in [-0.4, -0.2) is 30.8 Å². The van der Waals surface area contributed by atoms with E-state index in [4.69, 9.17) is 5.73 Å². The first-order valence-corrected chi connectivity index (χ1v) is 10.2. The molecular weight excluding hydrogens is 402 g/mol. The van der Waals surface area contributed by atoms with E-state index >= 15 is 0 Å². The van der Waals surface area contributed by atoms with Crippen LogP contribution in [0.4, 0.5) is 0 Å². The number of amides is 1. The van der Waals surface area contributed by atoms with Gasteiger partial charge in [0, 0.05) is 17.0 Å². The largest absolute Gasteiger partial charge is 0.364 e. The maximum atomic E-state index is 13.1. The highest BCUT2D eigenvalue weighted by molar-refractivity contribution is 7.15. The molecule has 0 spiro atoms. The molecule has 0 radical (unpaired) electrons. The zero-order chi connectivity index (χ0) is 21.4. The van der Waals surface area contributed by atoms with E-state index in [1.165, 1.54) is 20.5 Å². The summed E-state index contributed by atoms with van der Waals surface area (Å²) < 4.78 is 2.66. The van der Waals surface area contributed by atoms with Gasteiger partial charge in [-0.2, -0.15) is 0 Å². The van der Waals surface area contributed by atoms with E-state index in [0.29, 0.717) is 17.9 Å². The maximum Gasteiger partial charge on any atom is 0.330 e. The van der Waals surface area contributed by atoms with Crippen LogP contribution in [0, 0.1) is 6.92 Å². The second-order valence-electron chi connectivity index (χ2n) is 6.74. The van der Waals surface area contributed by atoms with Crippen molar-refractivity contribution >= 4 is 34.2 Å². The highest BCUT2D eigenvalue weighted by Gasteiger charge is 2.24. The number of hydrogen-bond donors (Lipinski definition) is 1.